The van der Waals surface area contributed by atoms with Crippen molar-refractivity contribution in [2.45, 2.75) is 37.1 Å². The maximum Gasteiger partial charge on any atom is 0.286 e. The third-order valence-electron chi connectivity index (χ3n) is 5.14. The molecule has 0 bridgehead atoms. The number of aromatic nitrogens is 2. The number of sulfonamides is 1. The Balaban J connectivity index is 1.54. The van der Waals surface area contributed by atoms with E-state index >= 15 is 0 Å². The van der Waals surface area contributed by atoms with Gasteiger partial charge in [0, 0.05) is 12.2 Å². The number of halogens is 1. The number of nitrogens with zero attached hydrogens (tertiary/aromatic N) is 3. The van der Waals surface area contributed by atoms with Crippen LogP contribution in [0, 0.1) is 5.82 Å². The zero-order valence-electron chi connectivity index (χ0n) is 16.8. The van der Waals surface area contributed by atoms with E-state index in [1.807, 2.05) is 19.1 Å². The molecule has 1 N–H and O–H groups in total. The summed E-state index contributed by atoms with van der Waals surface area (Å²) < 4.78 is 41.2. The van der Waals surface area contributed by atoms with Gasteiger partial charge in [0.2, 0.25) is 15.0 Å². The van der Waals surface area contributed by atoms with Gasteiger partial charge in [-0.25, -0.2) is 12.8 Å². The largest absolute Gasteiger partial charge is 0.320 e. The fourth-order valence-corrected chi connectivity index (χ4v) is 6.13. The molecule has 0 spiro atoms. The van der Waals surface area contributed by atoms with Gasteiger partial charge >= 0.3 is 0 Å². The van der Waals surface area contributed by atoms with Gasteiger partial charge in [-0.1, -0.05) is 36.5 Å². The van der Waals surface area contributed by atoms with Crippen molar-refractivity contribution in [2.24, 2.45) is 0 Å². The molecule has 1 atom stereocenters. The summed E-state index contributed by atoms with van der Waals surface area (Å²) in [5.74, 6) is -0.980. The summed E-state index contributed by atoms with van der Waals surface area (Å²) in [7, 11) is -3.70. The molecule has 1 aromatic heterocycles. The summed E-state index contributed by atoms with van der Waals surface area (Å²) >= 11 is 1.05. The maximum absolute atomic E-state index is 13.3. The van der Waals surface area contributed by atoms with Crippen LogP contribution in [-0.4, -0.2) is 35.4 Å². The van der Waals surface area contributed by atoms with E-state index in [1.54, 1.807) is 18.2 Å². The van der Waals surface area contributed by atoms with Crippen LogP contribution in [0.25, 0.3) is 0 Å². The van der Waals surface area contributed by atoms with Crippen LogP contribution >= 0.6 is 11.3 Å². The van der Waals surface area contributed by atoms with Crippen molar-refractivity contribution in [1.82, 2.24) is 14.5 Å². The molecule has 4 rings (SSSR count). The second kappa shape index (κ2) is 8.81. The predicted octanol–water partition coefficient (Wildman–Crippen LogP) is 4.02. The third-order valence-corrected chi connectivity index (χ3v) is 8.09. The van der Waals surface area contributed by atoms with Crippen LogP contribution in [0.15, 0.2) is 53.4 Å². The Labute approximate surface area is 184 Å². The molecule has 31 heavy (non-hydrogen) atoms. The van der Waals surface area contributed by atoms with E-state index in [2.05, 4.69) is 15.5 Å². The molecule has 1 aliphatic heterocycles. The van der Waals surface area contributed by atoms with E-state index in [9.17, 15) is 17.6 Å². The Kier molecular flexibility index (Phi) is 6.12. The monoisotopic (exact) mass is 460 g/mol. The molecule has 10 heteroatoms. The van der Waals surface area contributed by atoms with E-state index < -0.39 is 27.8 Å². The highest BCUT2D eigenvalue weighted by Crippen LogP contribution is 2.37. The van der Waals surface area contributed by atoms with Crippen LogP contribution in [-0.2, 0) is 16.4 Å². The van der Waals surface area contributed by atoms with E-state index in [-0.39, 0.29) is 9.90 Å². The van der Waals surface area contributed by atoms with Gasteiger partial charge in [0.1, 0.15) is 10.8 Å². The Hall–Kier alpha value is -2.69. The predicted molar refractivity (Wildman–Crippen MR) is 116 cm³/mol. The number of carbonyl (C=O) groups is 1. The van der Waals surface area contributed by atoms with E-state index in [1.165, 1.54) is 22.5 Å². The molecule has 1 aliphatic rings. The van der Waals surface area contributed by atoms with Crippen molar-refractivity contribution < 1.29 is 17.6 Å². The molecule has 0 saturated carbocycles. The van der Waals surface area contributed by atoms with Gasteiger partial charge in [-0.05, 0) is 55.2 Å². The lowest BCUT2D eigenvalue weighted by atomic mass is 10.2. The lowest BCUT2D eigenvalue weighted by Crippen LogP contribution is -2.30. The van der Waals surface area contributed by atoms with Crippen molar-refractivity contribution in [3.05, 3.63) is 69.9 Å². The lowest BCUT2D eigenvalue weighted by Gasteiger charge is -2.22. The first-order valence-electron chi connectivity index (χ1n) is 9.89. The number of rotatable bonds is 6. The van der Waals surface area contributed by atoms with Crippen molar-refractivity contribution in [1.29, 1.82) is 0 Å². The smallest absolute Gasteiger partial charge is 0.286 e. The second-order valence-corrected chi connectivity index (χ2v) is 10.1. The number of amides is 1. The van der Waals surface area contributed by atoms with E-state index in [0.29, 0.717) is 30.1 Å². The summed E-state index contributed by atoms with van der Waals surface area (Å²) in [5.41, 5.74) is 1.37. The first kappa shape index (κ1) is 21.5. The summed E-state index contributed by atoms with van der Waals surface area (Å²) in [6, 6.07) is 12.0. The third kappa shape index (κ3) is 4.51. The minimum absolute atomic E-state index is 0.0933. The number of hydrogen-bond donors (Lipinski definition) is 1. The fourth-order valence-electron chi connectivity index (χ4n) is 3.52. The quantitative estimate of drug-likeness (QED) is 0.600. The van der Waals surface area contributed by atoms with Crippen LogP contribution in [0.2, 0.25) is 0 Å². The van der Waals surface area contributed by atoms with Crippen molar-refractivity contribution in [3.63, 3.8) is 0 Å². The number of aryl methyl sites for hydroxylation is 1. The van der Waals surface area contributed by atoms with Crippen LogP contribution < -0.4 is 5.32 Å². The molecule has 162 valence electrons. The summed E-state index contributed by atoms with van der Waals surface area (Å²) in [4.78, 5) is 12.7. The highest BCUT2D eigenvalue weighted by atomic mass is 32.2. The Morgan fingerprint density at radius 3 is 2.71 bits per heavy atom. The fraction of sp³-hybridized carbons (Fsp3) is 0.286. The topological polar surface area (TPSA) is 92.3 Å². The van der Waals surface area contributed by atoms with Crippen LogP contribution in [0.3, 0.4) is 0 Å². The molecule has 0 radical (unpaired) electrons. The van der Waals surface area contributed by atoms with Crippen LogP contribution in [0.1, 0.15) is 46.2 Å². The highest BCUT2D eigenvalue weighted by Gasteiger charge is 2.38. The van der Waals surface area contributed by atoms with Gasteiger partial charge in [0.05, 0.1) is 10.9 Å². The summed E-state index contributed by atoms with van der Waals surface area (Å²) in [6.07, 6.45) is 2.13. The van der Waals surface area contributed by atoms with Gasteiger partial charge in [-0.15, -0.1) is 10.2 Å². The molecule has 2 aromatic carbocycles. The number of anilines is 1. The standard InChI is InChI=1S/C21H21FN4O3S2/c1-2-14-8-10-17(11-9-14)31(28,29)26-12-4-7-18(26)20-24-25-21(30-20)19(27)23-16-6-3-5-15(22)13-16/h3,5-6,8-11,13,18H,2,4,7,12H2,1H3,(H,23,27)/t18-/m0/s1. The molecule has 2 heterocycles. The number of benzene rings is 2. The van der Waals surface area contributed by atoms with Crippen molar-refractivity contribution >= 4 is 33.0 Å². The minimum Gasteiger partial charge on any atom is -0.320 e. The zero-order chi connectivity index (χ0) is 22.0. The highest BCUT2D eigenvalue weighted by molar-refractivity contribution is 7.89. The number of hydrogen-bond acceptors (Lipinski definition) is 6. The average molecular weight is 461 g/mol. The van der Waals surface area contributed by atoms with Crippen molar-refractivity contribution in [2.75, 3.05) is 11.9 Å². The van der Waals surface area contributed by atoms with Gasteiger partial charge in [0.25, 0.3) is 5.91 Å². The molecule has 1 fully saturated rings. The van der Waals surface area contributed by atoms with Crippen LogP contribution in [0.5, 0.6) is 0 Å². The molecule has 7 nitrogen and oxygen atoms in total. The Bertz CT molecular complexity index is 1200. The SMILES string of the molecule is CCc1ccc(S(=O)(=O)N2CCC[C@H]2c2nnc(C(=O)Nc3cccc(F)c3)s2)cc1. The number of carbonyl (C=O) groups excluding carboxylic acids is 1. The first-order valence-corrected chi connectivity index (χ1v) is 12.1. The minimum atomic E-state index is -3.70. The average Bonchev–Trinajstić information content (AvgIpc) is 3.43. The van der Waals surface area contributed by atoms with Gasteiger partial charge in [-0.2, -0.15) is 4.31 Å². The second-order valence-electron chi connectivity index (χ2n) is 7.18. The van der Waals surface area contributed by atoms with Crippen LogP contribution in [0.4, 0.5) is 10.1 Å². The zero-order valence-corrected chi connectivity index (χ0v) is 18.4. The van der Waals surface area contributed by atoms with E-state index in [0.717, 1.165) is 23.3 Å². The number of nitrogens with one attached hydrogen (secondary N) is 1. The summed E-state index contributed by atoms with van der Waals surface area (Å²) in [5, 5.41) is 11.2. The molecule has 1 saturated heterocycles. The van der Waals surface area contributed by atoms with Gasteiger partial charge < -0.3 is 5.32 Å². The first-order chi connectivity index (χ1) is 14.9. The Morgan fingerprint density at radius 2 is 2.00 bits per heavy atom. The van der Waals surface area contributed by atoms with Crippen molar-refractivity contribution in [3.8, 4) is 0 Å². The van der Waals surface area contributed by atoms with E-state index in [4.69, 9.17) is 0 Å². The lowest BCUT2D eigenvalue weighted by molar-refractivity contribution is 0.102. The maximum atomic E-state index is 13.3. The Morgan fingerprint density at radius 1 is 1.23 bits per heavy atom. The van der Waals surface area contributed by atoms with Gasteiger partial charge in [-0.3, -0.25) is 4.79 Å². The van der Waals surface area contributed by atoms with Gasteiger partial charge in [0.15, 0.2) is 0 Å². The molecule has 0 unspecified atom stereocenters. The summed E-state index contributed by atoms with van der Waals surface area (Å²) in [6.45, 7) is 2.39. The molecular formula is C21H21FN4O3S2. The molecule has 0 aliphatic carbocycles. The molecule has 1 amide bonds. The normalized spacial score (nSPS) is 17.0. The molecular weight excluding hydrogens is 439 g/mol. The molecule has 3 aromatic rings.